The van der Waals surface area contributed by atoms with Gasteiger partial charge in [-0.15, -0.1) is 0 Å². The van der Waals surface area contributed by atoms with Gasteiger partial charge in [0, 0.05) is 0 Å². The van der Waals surface area contributed by atoms with Crippen LogP contribution < -0.4 is 15.2 Å². The number of methoxy groups -OCH3 is 1. The van der Waals surface area contributed by atoms with Crippen LogP contribution in [0, 0.1) is 5.82 Å². The van der Waals surface area contributed by atoms with E-state index in [1.54, 1.807) is 24.3 Å². The lowest BCUT2D eigenvalue weighted by Crippen LogP contribution is -2.36. The number of halogens is 2. The highest BCUT2D eigenvalue weighted by Crippen LogP contribution is 2.39. The molecule has 2 N–H and O–H groups in total. The Morgan fingerprint density at radius 1 is 1.30 bits per heavy atom. The van der Waals surface area contributed by atoms with Gasteiger partial charge in [-0.25, -0.2) is 4.39 Å². The fourth-order valence-electron chi connectivity index (χ4n) is 2.69. The lowest BCUT2D eigenvalue weighted by molar-refractivity contribution is -0.127. The summed E-state index contributed by atoms with van der Waals surface area (Å²) in [7, 11) is 1.46. The van der Waals surface area contributed by atoms with E-state index in [9.17, 15) is 18.8 Å². The summed E-state index contributed by atoms with van der Waals surface area (Å²) >= 11 is 4.13. The van der Waals surface area contributed by atoms with E-state index >= 15 is 0 Å². The number of carbonyl (C=O) groups excluding carboxylic acids is 3. The molecule has 0 unspecified atom stereocenters. The van der Waals surface area contributed by atoms with Crippen molar-refractivity contribution < 1.29 is 28.2 Å². The molecule has 1 aliphatic heterocycles. The van der Waals surface area contributed by atoms with Crippen LogP contribution in [-0.4, -0.2) is 35.6 Å². The van der Waals surface area contributed by atoms with E-state index < -0.39 is 23.6 Å². The van der Waals surface area contributed by atoms with Crippen molar-refractivity contribution >= 4 is 50.8 Å². The van der Waals surface area contributed by atoms with Crippen LogP contribution in [0.3, 0.4) is 0 Å². The molecule has 1 fully saturated rings. The summed E-state index contributed by atoms with van der Waals surface area (Å²) in [6.07, 6.45) is 1.51. The molecule has 3 rings (SSSR count). The average molecular weight is 495 g/mol. The van der Waals surface area contributed by atoms with Crippen LogP contribution in [0.4, 0.5) is 9.18 Å². The zero-order valence-corrected chi connectivity index (χ0v) is 18.1. The summed E-state index contributed by atoms with van der Waals surface area (Å²) in [6, 6.07) is 9.37. The fourth-order valence-corrected chi connectivity index (χ4v) is 4.10. The zero-order valence-electron chi connectivity index (χ0n) is 15.7. The van der Waals surface area contributed by atoms with Crippen LogP contribution in [0.5, 0.6) is 11.5 Å². The molecule has 0 saturated carbocycles. The van der Waals surface area contributed by atoms with Crippen molar-refractivity contribution in [1.29, 1.82) is 0 Å². The van der Waals surface area contributed by atoms with Gasteiger partial charge in [-0.1, -0.05) is 12.1 Å². The molecule has 0 aliphatic carbocycles. The molecular formula is C20H16BrFN2O5S. The first-order valence-corrected chi connectivity index (χ1v) is 10.2. The van der Waals surface area contributed by atoms with Gasteiger partial charge in [0.1, 0.15) is 19.0 Å². The molecule has 0 aromatic heterocycles. The molecule has 2 aromatic carbocycles. The van der Waals surface area contributed by atoms with Gasteiger partial charge in [0.05, 0.1) is 16.5 Å². The van der Waals surface area contributed by atoms with E-state index in [4.69, 9.17) is 15.2 Å². The van der Waals surface area contributed by atoms with Crippen molar-refractivity contribution in [1.82, 2.24) is 4.90 Å². The molecular weight excluding hydrogens is 479 g/mol. The second-order valence-electron chi connectivity index (χ2n) is 6.19. The number of nitrogens with zero attached hydrogens (tertiary/aromatic N) is 1. The summed E-state index contributed by atoms with van der Waals surface area (Å²) in [5.74, 6) is -0.944. The fraction of sp³-hybridized carbons (Fsp3) is 0.150. The zero-order chi connectivity index (χ0) is 21.8. The number of ether oxygens (including phenoxy) is 2. The molecule has 0 spiro atoms. The Balaban J connectivity index is 1.83. The third kappa shape index (κ3) is 5.00. The maximum Gasteiger partial charge on any atom is 0.294 e. The number of rotatable bonds is 7. The molecule has 10 heteroatoms. The SMILES string of the molecule is COc1cc(/C=C2\SC(=O)N(CC(N)=O)C2=O)cc(Br)c1OCc1cccc(F)c1. The molecule has 0 bridgehead atoms. The molecule has 2 aromatic rings. The van der Waals surface area contributed by atoms with E-state index in [1.165, 1.54) is 25.3 Å². The standard InChI is InChI=1S/C20H16BrFN2O5S/c1-28-15-7-12(8-16-19(26)24(9-17(23)25)20(27)30-16)6-14(21)18(15)29-10-11-3-2-4-13(22)5-11/h2-8H,9-10H2,1H3,(H2,23,25)/b16-8-. The molecule has 0 atom stereocenters. The normalized spacial score (nSPS) is 15.0. The molecule has 1 saturated heterocycles. The highest BCUT2D eigenvalue weighted by Gasteiger charge is 2.35. The van der Waals surface area contributed by atoms with E-state index in [-0.39, 0.29) is 17.3 Å². The number of hydrogen-bond donors (Lipinski definition) is 1. The molecule has 156 valence electrons. The topological polar surface area (TPSA) is 98.9 Å². The number of nitrogens with two attached hydrogens (primary N) is 1. The minimum atomic E-state index is -0.775. The second-order valence-corrected chi connectivity index (χ2v) is 8.03. The average Bonchev–Trinajstić information content (AvgIpc) is 2.94. The first kappa shape index (κ1) is 21.8. The molecule has 7 nitrogen and oxygen atoms in total. The number of carbonyl (C=O) groups is 3. The van der Waals surface area contributed by atoms with Crippen molar-refractivity contribution in [2.75, 3.05) is 13.7 Å². The van der Waals surface area contributed by atoms with E-state index in [0.717, 1.165) is 16.7 Å². The van der Waals surface area contributed by atoms with Gasteiger partial charge in [0.15, 0.2) is 11.5 Å². The number of hydrogen-bond acceptors (Lipinski definition) is 6. The molecule has 1 aliphatic rings. The first-order chi connectivity index (χ1) is 14.3. The smallest absolute Gasteiger partial charge is 0.294 e. The highest BCUT2D eigenvalue weighted by atomic mass is 79.9. The molecule has 1 heterocycles. The van der Waals surface area contributed by atoms with Crippen LogP contribution in [0.2, 0.25) is 0 Å². The lowest BCUT2D eigenvalue weighted by Gasteiger charge is -2.14. The third-order valence-electron chi connectivity index (χ3n) is 4.01. The monoisotopic (exact) mass is 494 g/mol. The Morgan fingerprint density at radius 3 is 2.73 bits per heavy atom. The van der Waals surface area contributed by atoms with Crippen molar-refractivity contribution in [3.8, 4) is 11.5 Å². The highest BCUT2D eigenvalue weighted by molar-refractivity contribution is 9.10. The summed E-state index contributed by atoms with van der Waals surface area (Å²) in [6.45, 7) is -0.347. The van der Waals surface area contributed by atoms with Crippen molar-refractivity contribution in [2.45, 2.75) is 6.61 Å². The second kappa shape index (κ2) is 9.31. The van der Waals surface area contributed by atoms with Gasteiger partial charge < -0.3 is 15.2 Å². The van der Waals surface area contributed by atoms with Gasteiger partial charge >= 0.3 is 0 Å². The Bertz CT molecular complexity index is 1060. The Labute approximate surface area is 184 Å². The first-order valence-electron chi connectivity index (χ1n) is 8.57. The predicted molar refractivity (Wildman–Crippen MR) is 113 cm³/mol. The largest absolute Gasteiger partial charge is 0.493 e. The van der Waals surface area contributed by atoms with Crippen molar-refractivity contribution in [3.05, 3.63) is 62.7 Å². The number of imide groups is 1. The van der Waals surface area contributed by atoms with Crippen LogP contribution in [-0.2, 0) is 16.2 Å². The van der Waals surface area contributed by atoms with Crippen LogP contribution in [0.25, 0.3) is 6.08 Å². The number of benzene rings is 2. The van der Waals surface area contributed by atoms with Crippen LogP contribution in [0.15, 0.2) is 45.8 Å². The van der Waals surface area contributed by atoms with Gasteiger partial charge in [0.2, 0.25) is 5.91 Å². The molecule has 0 radical (unpaired) electrons. The van der Waals surface area contributed by atoms with Gasteiger partial charge in [0.25, 0.3) is 11.1 Å². The third-order valence-corrected chi connectivity index (χ3v) is 5.51. The Kier molecular flexibility index (Phi) is 6.78. The minimum Gasteiger partial charge on any atom is -0.493 e. The van der Waals surface area contributed by atoms with E-state index in [0.29, 0.717) is 27.1 Å². The summed E-state index contributed by atoms with van der Waals surface area (Å²) in [5.41, 5.74) is 6.30. The molecule has 3 amide bonds. The van der Waals surface area contributed by atoms with E-state index in [2.05, 4.69) is 15.9 Å². The quantitative estimate of drug-likeness (QED) is 0.589. The minimum absolute atomic E-state index is 0.123. The summed E-state index contributed by atoms with van der Waals surface area (Å²) < 4.78 is 25.0. The Hall–Kier alpha value is -2.85. The number of primary amides is 1. The van der Waals surface area contributed by atoms with Crippen LogP contribution >= 0.6 is 27.7 Å². The summed E-state index contributed by atoms with van der Waals surface area (Å²) in [5, 5.41) is -0.564. The molecule has 30 heavy (non-hydrogen) atoms. The lowest BCUT2D eigenvalue weighted by atomic mass is 10.1. The van der Waals surface area contributed by atoms with Crippen molar-refractivity contribution in [3.63, 3.8) is 0 Å². The van der Waals surface area contributed by atoms with E-state index in [1.807, 2.05) is 0 Å². The Morgan fingerprint density at radius 2 is 2.07 bits per heavy atom. The maximum atomic E-state index is 13.3. The van der Waals surface area contributed by atoms with Gasteiger partial charge in [-0.2, -0.15) is 0 Å². The maximum absolute atomic E-state index is 13.3. The van der Waals surface area contributed by atoms with Crippen molar-refractivity contribution in [2.24, 2.45) is 5.73 Å². The van der Waals surface area contributed by atoms with Crippen LogP contribution in [0.1, 0.15) is 11.1 Å². The number of thioether (sulfide) groups is 1. The number of amides is 3. The summed E-state index contributed by atoms with van der Waals surface area (Å²) in [4.78, 5) is 36.3. The predicted octanol–water partition coefficient (Wildman–Crippen LogP) is 3.70. The van der Waals surface area contributed by atoms with Gasteiger partial charge in [-0.3, -0.25) is 19.3 Å². The van der Waals surface area contributed by atoms with Gasteiger partial charge in [-0.05, 0) is 69.2 Å².